The van der Waals surface area contributed by atoms with Gasteiger partial charge in [-0.05, 0) is 67.9 Å². The Bertz CT molecular complexity index is 995. The van der Waals surface area contributed by atoms with Crippen LogP contribution in [0.15, 0.2) is 72.8 Å². The molecular weight excluding hydrogens is 370 g/mol. The highest BCUT2D eigenvalue weighted by Gasteiger charge is 2.23. The summed E-state index contributed by atoms with van der Waals surface area (Å²) in [5.41, 5.74) is 5.93. The number of aryl methyl sites for hydroxylation is 2. The lowest BCUT2D eigenvalue weighted by Crippen LogP contribution is -2.39. The van der Waals surface area contributed by atoms with Gasteiger partial charge in [0.15, 0.2) is 6.10 Å². The van der Waals surface area contributed by atoms with Gasteiger partial charge in [0.2, 0.25) is 0 Å². The van der Waals surface area contributed by atoms with Crippen LogP contribution in [0.2, 0.25) is 0 Å². The third kappa shape index (κ3) is 4.56. The number of carbonyl (C=O) groups is 1. The van der Waals surface area contributed by atoms with Crippen molar-refractivity contribution < 1.29 is 9.53 Å². The van der Waals surface area contributed by atoms with Crippen LogP contribution in [0.1, 0.15) is 53.6 Å². The van der Waals surface area contributed by atoms with Crippen LogP contribution in [-0.2, 0) is 17.6 Å². The lowest BCUT2D eigenvalue weighted by molar-refractivity contribution is -0.127. The highest BCUT2D eigenvalue weighted by atomic mass is 16.5. The molecule has 0 bridgehead atoms. The van der Waals surface area contributed by atoms with Crippen molar-refractivity contribution in [2.24, 2.45) is 0 Å². The quantitative estimate of drug-likeness (QED) is 0.590. The number of fused-ring (bicyclic) bond motifs is 1. The Balaban J connectivity index is 1.53. The Morgan fingerprint density at radius 3 is 2.33 bits per heavy atom. The number of ether oxygens (including phenoxy) is 1. The van der Waals surface area contributed by atoms with E-state index in [0.29, 0.717) is 0 Å². The number of hydrogen-bond donors (Lipinski definition) is 1. The predicted molar refractivity (Wildman–Crippen MR) is 121 cm³/mol. The van der Waals surface area contributed by atoms with E-state index in [4.69, 9.17) is 4.74 Å². The van der Waals surface area contributed by atoms with Crippen LogP contribution in [-0.4, -0.2) is 12.0 Å². The van der Waals surface area contributed by atoms with Crippen LogP contribution < -0.4 is 10.1 Å². The van der Waals surface area contributed by atoms with Crippen LogP contribution in [0.5, 0.6) is 5.75 Å². The first-order valence-electron chi connectivity index (χ1n) is 10.8. The maximum Gasteiger partial charge on any atom is 0.261 e. The molecule has 1 N–H and O–H groups in total. The van der Waals surface area contributed by atoms with Gasteiger partial charge in [0.1, 0.15) is 5.75 Å². The molecule has 0 heterocycles. The zero-order valence-electron chi connectivity index (χ0n) is 17.7. The summed E-state index contributed by atoms with van der Waals surface area (Å²) in [6.07, 6.45) is 3.95. The summed E-state index contributed by atoms with van der Waals surface area (Å²) >= 11 is 0. The van der Waals surface area contributed by atoms with Crippen LogP contribution in [0.4, 0.5) is 0 Å². The van der Waals surface area contributed by atoms with Gasteiger partial charge in [-0.1, -0.05) is 72.3 Å². The Hall–Kier alpha value is -3.07. The van der Waals surface area contributed by atoms with Crippen molar-refractivity contribution in [2.45, 2.75) is 51.7 Å². The topological polar surface area (TPSA) is 38.3 Å². The van der Waals surface area contributed by atoms with E-state index in [1.807, 2.05) is 49.4 Å². The average Bonchev–Trinajstić information content (AvgIpc) is 2.79. The van der Waals surface area contributed by atoms with E-state index < -0.39 is 6.10 Å². The van der Waals surface area contributed by atoms with Gasteiger partial charge < -0.3 is 10.1 Å². The number of amides is 1. The van der Waals surface area contributed by atoms with E-state index in [-0.39, 0.29) is 11.9 Å². The average molecular weight is 400 g/mol. The van der Waals surface area contributed by atoms with Crippen molar-refractivity contribution in [3.05, 3.63) is 101 Å². The summed E-state index contributed by atoms with van der Waals surface area (Å²) in [6.45, 7) is 3.89. The van der Waals surface area contributed by atoms with E-state index in [2.05, 4.69) is 42.6 Å². The molecule has 0 aliphatic heterocycles. The SMILES string of the molecule is Cc1ccc(C(NC(=O)C(C)Oc2cccc3c2CCCC3)c2ccccc2)cc1. The van der Waals surface area contributed by atoms with Crippen molar-refractivity contribution in [1.29, 1.82) is 0 Å². The molecule has 0 saturated heterocycles. The molecule has 0 radical (unpaired) electrons. The molecule has 1 aliphatic carbocycles. The van der Waals surface area contributed by atoms with Crippen LogP contribution >= 0.6 is 0 Å². The summed E-state index contributed by atoms with van der Waals surface area (Å²) in [5, 5.41) is 3.21. The minimum Gasteiger partial charge on any atom is -0.481 e. The third-order valence-corrected chi connectivity index (χ3v) is 5.86. The smallest absolute Gasteiger partial charge is 0.261 e. The monoisotopic (exact) mass is 399 g/mol. The largest absolute Gasteiger partial charge is 0.481 e. The Morgan fingerprint density at radius 2 is 1.57 bits per heavy atom. The molecule has 1 aliphatic rings. The van der Waals surface area contributed by atoms with Crippen molar-refractivity contribution in [2.75, 3.05) is 0 Å². The summed E-state index contributed by atoms with van der Waals surface area (Å²) in [4.78, 5) is 13.1. The lowest BCUT2D eigenvalue weighted by Gasteiger charge is -2.25. The summed E-state index contributed by atoms with van der Waals surface area (Å²) in [6, 6.07) is 24.4. The minimum atomic E-state index is -0.574. The van der Waals surface area contributed by atoms with E-state index in [1.54, 1.807) is 0 Å². The Labute approximate surface area is 179 Å². The molecule has 3 aromatic carbocycles. The second-order valence-electron chi connectivity index (χ2n) is 8.12. The maximum atomic E-state index is 13.1. The second-order valence-corrected chi connectivity index (χ2v) is 8.12. The standard InChI is InChI=1S/C27H29NO2/c1-19-15-17-23(18-16-19)26(22-10-4-3-5-11-22)28-27(29)20(2)30-25-14-8-12-21-9-6-7-13-24(21)25/h3-5,8,10-12,14-18,20,26H,6-7,9,13H2,1-2H3,(H,28,29). The van der Waals surface area contributed by atoms with Gasteiger partial charge in [-0.25, -0.2) is 0 Å². The number of rotatable bonds is 6. The fourth-order valence-corrected chi connectivity index (χ4v) is 4.12. The van der Waals surface area contributed by atoms with Crippen LogP contribution in [0.25, 0.3) is 0 Å². The van der Waals surface area contributed by atoms with Gasteiger partial charge >= 0.3 is 0 Å². The number of hydrogen-bond acceptors (Lipinski definition) is 2. The second kappa shape index (κ2) is 9.17. The molecule has 3 heteroatoms. The molecule has 4 rings (SSSR count). The first-order chi connectivity index (χ1) is 14.6. The first kappa shape index (κ1) is 20.2. The predicted octanol–water partition coefficient (Wildman–Crippen LogP) is 5.55. The van der Waals surface area contributed by atoms with E-state index in [9.17, 15) is 4.79 Å². The van der Waals surface area contributed by atoms with E-state index in [0.717, 1.165) is 29.7 Å². The zero-order valence-corrected chi connectivity index (χ0v) is 17.7. The molecule has 0 spiro atoms. The Kier molecular flexibility index (Phi) is 6.18. The molecule has 30 heavy (non-hydrogen) atoms. The summed E-state index contributed by atoms with van der Waals surface area (Å²) < 4.78 is 6.15. The molecule has 3 nitrogen and oxygen atoms in total. The van der Waals surface area contributed by atoms with Crippen molar-refractivity contribution in [3.8, 4) is 5.75 Å². The molecular formula is C27H29NO2. The van der Waals surface area contributed by atoms with Gasteiger partial charge in [0, 0.05) is 0 Å². The molecule has 2 atom stereocenters. The number of carbonyl (C=O) groups excluding carboxylic acids is 1. The van der Waals surface area contributed by atoms with Gasteiger partial charge in [0.05, 0.1) is 6.04 Å². The van der Waals surface area contributed by atoms with Crippen LogP contribution in [0.3, 0.4) is 0 Å². The number of nitrogens with one attached hydrogen (secondary N) is 1. The Morgan fingerprint density at radius 1 is 0.867 bits per heavy atom. The normalized spacial score (nSPS) is 15.0. The fraction of sp³-hybridized carbons (Fsp3) is 0.296. The van der Waals surface area contributed by atoms with E-state index in [1.165, 1.54) is 29.5 Å². The molecule has 0 fully saturated rings. The molecule has 2 unspecified atom stereocenters. The highest BCUT2D eigenvalue weighted by molar-refractivity contribution is 5.81. The van der Waals surface area contributed by atoms with Gasteiger partial charge in [-0.15, -0.1) is 0 Å². The van der Waals surface area contributed by atoms with Crippen molar-refractivity contribution in [3.63, 3.8) is 0 Å². The van der Waals surface area contributed by atoms with Crippen molar-refractivity contribution >= 4 is 5.91 Å². The highest BCUT2D eigenvalue weighted by Crippen LogP contribution is 2.30. The first-order valence-corrected chi connectivity index (χ1v) is 10.8. The molecule has 3 aromatic rings. The zero-order chi connectivity index (χ0) is 20.9. The number of benzene rings is 3. The minimum absolute atomic E-state index is 0.113. The molecule has 154 valence electrons. The summed E-state index contributed by atoms with van der Waals surface area (Å²) in [7, 11) is 0. The van der Waals surface area contributed by atoms with Crippen LogP contribution in [0, 0.1) is 6.92 Å². The maximum absolute atomic E-state index is 13.1. The molecule has 0 aromatic heterocycles. The fourth-order valence-electron chi connectivity index (χ4n) is 4.12. The van der Waals surface area contributed by atoms with Gasteiger partial charge in [-0.2, -0.15) is 0 Å². The molecule has 0 saturated carbocycles. The molecule has 1 amide bonds. The van der Waals surface area contributed by atoms with E-state index >= 15 is 0 Å². The third-order valence-electron chi connectivity index (χ3n) is 5.86. The lowest BCUT2D eigenvalue weighted by atomic mass is 9.91. The summed E-state index contributed by atoms with van der Waals surface area (Å²) in [5.74, 6) is 0.735. The van der Waals surface area contributed by atoms with Gasteiger partial charge in [0.25, 0.3) is 5.91 Å². The van der Waals surface area contributed by atoms with Crippen molar-refractivity contribution in [1.82, 2.24) is 5.32 Å². The van der Waals surface area contributed by atoms with Gasteiger partial charge in [-0.3, -0.25) is 4.79 Å².